The number of fused-ring (bicyclic) bond motifs is 1. The molecule has 0 aromatic carbocycles. The lowest BCUT2D eigenvalue weighted by molar-refractivity contribution is 0.340. The van der Waals surface area contributed by atoms with E-state index in [1.54, 1.807) is 0 Å². The van der Waals surface area contributed by atoms with Crippen LogP contribution in [0.4, 0.5) is 11.8 Å². The van der Waals surface area contributed by atoms with E-state index in [0.29, 0.717) is 12.0 Å². The smallest absolute Gasteiger partial charge is 0.222 e. The molecular weight excluding hydrogens is 250 g/mol. The topological polar surface area (TPSA) is 67.1 Å². The summed E-state index contributed by atoms with van der Waals surface area (Å²) >= 11 is 0. The molecule has 3 N–H and O–H groups in total. The minimum Gasteiger partial charge on any atom is -0.368 e. The minimum atomic E-state index is 0.413. The standard InChI is InChI=1S/C15H25N5/c1-2-3-6-12-8-14(19-15(16)18-12)20-9-11-5-4-7-17-13(11)10-20/h8,11,13,17H,2-7,9-10H2,1H3,(H2,16,18,19)/t11-,13+/m1/s1. The van der Waals surface area contributed by atoms with Gasteiger partial charge in [0.05, 0.1) is 0 Å². The Kier molecular flexibility index (Phi) is 4.05. The third kappa shape index (κ3) is 2.87. The van der Waals surface area contributed by atoms with Crippen molar-refractivity contribution in [2.45, 2.75) is 45.1 Å². The van der Waals surface area contributed by atoms with Crippen molar-refractivity contribution in [3.63, 3.8) is 0 Å². The first kappa shape index (κ1) is 13.6. The van der Waals surface area contributed by atoms with Crippen LogP contribution in [-0.4, -0.2) is 35.6 Å². The maximum absolute atomic E-state index is 5.88. The highest BCUT2D eigenvalue weighted by atomic mass is 15.3. The zero-order valence-electron chi connectivity index (χ0n) is 12.3. The van der Waals surface area contributed by atoms with Crippen LogP contribution in [0.15, 0.2) is 6.07 Å². The molecule has 0 radical (unpaired) electrons. The van der Waals surface area contributed by atoms with Gasteiger partial charge in [-0.05, 0) is 38.1 Å². The van der Waals surface area contributed by atoms with E-state index in [0.717, 1.165) is 49.9 Å². The molecule has 5 nitrogen and oxygen atoms in total. The van der Waals surface area contributed by atoms with Gasteiger partial charge in [0.2, 0.25) is 5.95 Å². The van der Waals surface area contributed by atoms with Crippen LogP contribution in [0, 0.1) is 5.92 Å². The van der Waals surface area contributed by atoms with Crippen LogP contribution in [0.2, 0.25) is 0 Å². The van der Waals surface area contributed by atoms with Crippen molar-refractivity contribution >= 4 is 11.8 Å². The number of anilines is 2. The van der Waals surface area contributed by atoms with Crippen molar-refractivity contribution in [2.24, 2.45) is 5.92 Å². The first-order valence-corrected chi connectivity index (χ1v) is 7.88. The van der Waals surface area contributed by atoms with Gasteiger partial charge in [0.25, 0.3) is 0 Å². The fraction of sp³-hybridized carbons (Fsp3) is 0.733. The zero-order chi connectivity index (χ0) is 13.9. The van der Waals surface area contributed by atoms with E-state index in [-0.39, 0.29) is 0 Å². The number of rotatable bonds is 4. The molecule has 0 amide bonds. The zero-order valence-corrected chi connectivity index (χ0v) is 12.3. The van der Waals surface area contributed by atoms with E-state index in [1.807, 2.05) is 0 Å². The van der Waals surface area contributed by atoms with E-state index in [1.165, 1.54) is 19.3 Å². The molecule has 0 saturated carbocycles. The molecule has 2 aliphatic heterocycles. The molecule has 110 valence electrons. The molecule has 0 aliphatic carbocycles. The summed E-state index contributed by atoms with van der Waals surface area (Å²) in [5.41, 5.74) is 6.96. The average molecular weight is 275 g/mol. The van der Waals surface area contributed by atoms with Crippen LogP contribution in [0.25, 0.3) is 0 Å². The second-order valence-electron chi connectivity index (χ2n) is 6.05. The lowest BCUT2D eigenvalue weighted by Crippen LogP contribution is -2.40. The summed E-state index contributed by atoms with van der Waals surface area (Å²) in [5, 5.41) is 3.63. The molecule has 1 aromatic rings. The Bertz CT molecular complexity index is 448. The minimum absolute atomic E-state index is 0.413. The fourth-order valence-electron chi connectivity index (χ4n) is 3.38. The Hall–Kier alpha value is -1.36. The quantitative estimate of drug-likeness (QED) is 0.873. The fourth-order valence-corrected chi connectivity index (χ4v) is 3.38. The number of nitrogens with zero attached hydrogens (tertiary/aromatic N) is 3. The molecule has 0 bridgehead atoms. The van der Waals surface area contributed by atoms with Gasteiger partial charge in [-0.15, -0.1) is 0 Å². The van der Waals surface area contributed by atoms with Crippen molar-refractivity contribution in [1.29, 1.82) is 0 Å². The second kappa shape index (κ2) is 5.95. The molecular formula is C15H25N5. The lowest BCUT2D eigenvalue weighted by atomic mass is 9.94. The molecule has 2 saturated heterocycles. The number of aromatic nitrogens is 2. The number of aryl methyl sites for hydroxylation is 1. The number of nitrogens with one attached hydrogen (secondary N) is 1. The molecule has 0 spiro atoms. The van der Waals surface area contributed by atoms with Gasteiger partial charge < -0.3 is 16.0 Å². The van der Waals surface area contributed by atoms with Gasteiger partial charge >= 0.3 is 0 Å². The molecule has 20 heavy (non-hydrogen) atoms. The van der Waals surface area contributed by atoms with Crippen molar-refractivity contribution in [3.05, 3.63) is 11.8 Å². The number of hydrogen-bond acceptors (Lipinski definition) is 5. The summed E-state index contributed by atoms with van der Waals surface area (Å²) in [6.45, 7) is 5.50. The number of nitrogens with two attached hydrogens (primary N) is 1. The Morgan fingerprint density at radius 3 is 3.10 bits per heavy atom. The summed E-state index contributed by atoms with van der Waals surface area (Å²) in [6.07, 6.45) is 5.95. The van der Waals surface area contributed by atoms with Gasteiger partial charge in [-0.3, -0.25) is 0 Å². The predicted molar refractivity (Wildman–Crippen MR) is 81.8 cm³/mol. The van der Waals surface area contributed by atoms with Crippen LogP contribution in [-0.2, 0) is 6.42 Å². The highest BCUT2D eigenvalue weighted by Gasteiger charge is 2.34. The van der Waals surface area contributed by atoms with E-state index in [4.69, 9.17) is 5.73 Å². The van der Waals surface area contributed by atoms with Crippen LogP contribution < -0.4 is 16.0 Å². The normalized spacial score (nSPS) is 25.8. The summed E-state index contributed by atoms with van der Waals surface area (Å²) in [6, 6.07) is 2.75. The van der Waals surface area contributed by atoms with Crippen molar-refractivity contribution in [2.75, 3.05) is 30.3 Å². The van der Waals surface area contributed by atoms with Gasteiger partial charge in [-0.1, -0.05) is 13.3 Å². The van der Waals surface area contributed by atoms with Crippen LogP contribution in [0.1, 0.15) is 38.3 Å². The SMILES string of the molecule is CCCCc1cc(N2C[C@H]3CCCN[C@H]3C2)nc(N)n1. The van der Waals surface area contributed by atoms with Crippen molar-refractivity contribution in [3.8, 4) is 0 Å². The maximum atomic E-state index is 5.88. The van der Waals surface area contributed by atoms with Gasteiger partial charge in [0.15, 0.2) is 0 Å². The Morgan fingerprint density at radius 2 is 2.30 bits per heavy atom. The van der Waals surface area contributed by atoms with Gasteiger partial charge in [0, 0.05) is 30.9 Å². The highest BCUT2D eigenvalue weighted by Crippen LogP contribution is 2.28. The molecule has 5 heteroatoms. The van der Waals surface area contributed by atoms with Crippen LogP contribution in [0.5, 0.6) is 0 Å². The monoisotopic (exact) mass is 275 g/mol. The largest absolute Gasteiger partial charge is 0.368 e. The predicted octanol–water partition coefficient (Wildman–Crippen LogP) is 1.59. The first-order valence-electron chi connectivity index (χ1n) is 7.88. The summed E-state index contributed by atoms with van der Waals surface area (Å²) in [7, 11) is 0. The Morgan fingerprint density at radius 1 is 1.40 bits per heavy atom. The van der Waals surface area contributed by atoms with Crippen molar-refractivity contribution < 1.29 is 0 Å². The molecule has 2 atom stereocenters. The Balaban J connectivity index is 1.74. The number of piperidine rings is 1. The van der Waals surface area contributed by atoms with E-state index >= 15 is 0 Å². The highest BCUT2D eigenvalue weighted by molar-refractivity contribution is 5.45. The Labute approximate surface area is 121 Å². The molecule has 0 unspecified atom stereocenters. The van der Waals surface area contributed by atoms with Crippen LogP contribution in [0.3, 0.4) is 0 Å². The average Bonchev–Trinajstić information content (AvgIpc) is 2.88. The van der Waals surface area contributed by atoms with E-state index in [9.17, 15) is 0 Å². The van der Waals surface area contributed by atoms with E-state index in [2.05, 4.69) is 33.2 Å². The van der Waals surface area contributed by atoms with Gasteiger partial charge in [-0.2, -0.15) is 4.98 Å². The third-order valence-electron chi connectivity index (χ3n) is 4.49. The third-order valence-corrected chi connectivity index (χ3v) is 4.49. The number of nitrogen functional groups attached to an aromatic ring is 1. The van der Waals surface area contributed by atoms with Crippen LogP contribution >= 0.6 is 0 Å². The van der Waals surface area contributed by atoms with Gasteiger partial charge in [-0.25, -0.2) is 4.98 Å². The molecule has 2 fully saturated rings. The number of unbranched alkanes of at least 4 members (excludes halogenated alkanes) is 1. The second-order valence-corrected chi connectivity index (χ2v) is 6.05. The lowest BCUT2D eigenvalue weighted by Gasteiger charge is -2.24. The molecule has 3 rings (SSSR count). The van der Waals surface area contributed by atoms with E-state index < -0.39 is 0 Å². The maximum Gasteiger partial charge on any atom is 0.222 e. The molecule has 2 aliphatic rings. The summed E-state index contributed by atoms with van der Waals surface area (Å²) in [5.74, 6) is 2.19. The van der Waals surface area contributed by atoms with Crippen molar-refractivity contribution in [1.82, 2.24) is 15.3 Å². The summed E-state index contributed by atoms with van der Waals surface area (Å²) < 4.78 is 0. The van der Waals surface area contributed by atoms with Gasteiger partial charge in [0.1, 0.15) is 5.82 Å². The molecule has 1 aromatic heterocycles. The first-order chi connectivity index (χ1) is 9.76. The summed E-state index contributed by atoms with van der Waals surface area (Å²) in [4.78, 5) is 11.2. The number of hydrogen-bond donors (Lipinski definition) is 2. The molecule has 3 heterocycles.